The Balaban J connectivity index is 1.67. The summed E-state index contributed by atoms with van der Waals surface area (Å²) >= 11 is 0. The lowest BCUT2D eigenvalue weighted by Crippen LogP contribution is -2.47. The van der Waals surface area contributed by atoms with Crippen LogP contribution in [-0.4, -0.2) is 67.6 Å². The first-order valence-electron chi connectivity index (χ1n) is 11.9. The minimum Gasteiger partial charge on any atom is -0.464 e. The van der Waals surface area contributed by atoms with Crippen LogP contribution in [0.25, 0.3) is 0 Å². The molecule has 1 aromatic carbocycles. The third-order valence-corrected chi connectivity index (χ3v) is 5.29. The number of piperidine rings is 1. The number of benzene rings is 1. The molecule has 1 atom stereocenters. The molecule has 0 spiro atoms. The summed E-state index contributed by atoms with van der Waals surface area (Å²) in [4.78, 5) is 38.2. The van der Waals surface area contributed by atoms with Gasteiger partial charge in [0.2, 0.25) is 0 Å². The number of ether oxygens (including phenoxy) is 4. The van der Waals surface area contributed by atoms with Gasteiger partial charge in [-0.25, -0.2) is 14.4 Å². The van der Waals surface area contributed by atoms with Crippen LogP contribution in [-0.2, 0) is 30.3 Å². The van der Waals surface area contributed by atoms with Crippen LogP contribution >= 0.6 is 0 Å². The topological polar surface area (TPSA) is 103 Å². The molecule has 1 aromatic rings. The molecule has 1 aliphatic heterocycles. The Labute approximate surface area is 202 Å². The highest BCUT2D eigenvalue weighted by atomic mass is 16.6. The molecule has 190 valence electrons. The van der Waals surface area contributed by atoms with Gasteiger partial charge in [0.25, 0.3) is 0 Å². The van der Waals surface area contributed by atoms with Gasteiger partial charge in [0, 0.05) is 19.7 Å². The van der Waals surface area contributed by atoms with E-state index >= 15 is 0 Å². The van der Waals surface area contributed by atoms with Crippen molar-refractivity contribution < 1.29 is 33.3 Å². The standard InChI is InChI=1S/C25H38N2O7/c1-5-32-22(28)21(26-23(29)34-25(2,3)4)18-31-16-13-19-11-14-27(15-12-19)24(30)33-17-20-9-7-6-8-10-20/h6-10,19,21H,5,11-18H2,1-4H3,(H,26,29)/t21-/m0/s1. The summed E-state index contributed by atoms with van der Waals surface area (Å²) < 4.78 is 21.3. The molecule has 2 amide bonds. The lowest BCUT2D eigenvalue weighted by Gasteiger charge is -2.31. The molecule has 0 unspecified atom stereocenters. The van der Waals surface area contributed by atoms with Gasteiger partial charge in [-0.2, -0.15) is 0 Å². The molecular formula is C25H38N2O7. The van der Waals surface area contributed by atoms with E-state index in [0.717, 1.165) is 24.8 Å². The van der Waals surface area contributed by atoms with Gasteiger partial charge in [0.15, 0.2) is 6.04 Å². The number of rotatable bonds is 10. The van der Waals surface area contributed by atoms with Gasteiger partial charge in [-0.3, -0.25) is 0 Å². The number of carbonyl (C=O) groups excluding carboxylic acids is 3. The maximum atomic E-state index is 12.3. The highest BCUT2D eigenvalue weighted by Gasteiger charge is 2.27. The second-order valence-electron chi connectivity index (χ2n) is 9.29. The highest BCUT2D eigenvalue weighted by Crippen LogP contribution is 2.21. The van der Waals surface area contributed by atoms with Crippen LogP contribution in [0.4, 0.5) is 9.59 Å². The quantitative estimate of drug-likeness (QED) is 0.309. The molecule has 0 bridgehead atoms. The van der Waals surface area contributed by atoms with E-state index in [1.807, 2.05) is 30.3 Å². The molecule has 0 aliphatic carbocycles. The van der Waals surface area contributed by atoms with E-state index in [9.17, 15) is 14.4 Å². The fourth-order valence-electron chi connectivity index (χ4n) is 3.53. The van der Waals surface area contributed by atoms with Crippen molar-refractivity contribution in [2.75, 3.05) is 32.9 Å². The smallest absolute Gasteiger partial charge is 0.410 e. The Morgan fingerprint density at radius 3 is 2.38 bits per heavy atom. The highest BCUT2D eigenvalue weighted by molar-refractivity contribution is 5.81. The maximum Gasteiger partial charge on any atom is 0.410 e. The molecular weight excluding hydrogens is 440 g/mol. The number of esters is 1. The molecule has 34 heavy (non-hydrogen) atoms. The molecule has 2 rings (SSSR count). The van der Waals surface area contributed by atoms with E-state index in [2.05, 4.69) is 5.32 Å². The van der Waals surface area contributed by atoms with Crippen molar-refractivity contribution >= 4 is 18.2 Å². The van der Waals surface area contributed by atoms with Gasteiger partial charge in [-0.05, 0) is 58.4 Å². The number of hydrogen-bond acceptors (Lipinski definition) is 7. The minimum absolute atomic E-state index is 0.00271. The Morgan fingerprint density at radius 1 is 1.09 bits per heavy atom. The molecule has 1 heterocycles. The molecule has 9 nitrogen and oxygen atoms in total. The zero-order chi connectivity index (χ0) is 25.0. The molecule has 1 fully saturated rings. The molecule has 0 saturated carbocycles. The summed E-state index contributed by atoms with van der Waals surface area (Å²) in [5.74, 6) is -0.145. The lowest BCUT2D eigenvalue weighted by atomic mass is 9.94. The Bertz CT molecular complexity index is 771. The van der Waals surface area contributed by atoms with Crippen LogP contribution in [0.3, 0.4) is 0 Å². The van der Waals surface area contributed by atoms with Crippen molar-refractivity contribution in [1.82, 2.24) is 10.2 Å². The van der Waals surface area contributed by atoms with Gasteiger partial charge in [-0.15, -0.1) is 0 Å². The third-order valence-electron chi connectivity index (χ3n) is 5.29. The van der Waals surface area contributed by atoms with Crippen LogP contribution in [0.1, 0.15) is 52.5 Å². The van der Waals surface area contributed by atoms with Crippen LogP contribution < -0.4 is 5.32 Å². The molecule has 1 saturated heterocycles. The van der Waals surface area contributed by atoms with E-state index < -0.39 is 23.7 Å². The molecule has 0 radical (unpaired) electrons. The Hall–Kier alpha value is -2.81. The summed E-state index contributed by atoms with van der Waals surface area (Å²) in [7, 11) is 0. The predicted molar refractivity (Wildman–Crippen MR) is 126 cm³/mol. The van der Waals surface area contributed by atoms with E-state index in [4.69, 9.17) is 18.9 Å². The second-order valence-corrected chi connectivity index (χ2v) is 9.29. The predicted octanol–water partition coefficient (Wildman–Crippen LogP) is 3.90. The van der Waals surface area contributed by atoms with Crippen molar-refractivity contribution in [2.45, 2.75) is 65.2 Å². The summed E-state index contributed by atoms with van der Waals surface area (Å²) in [5.41, 5.74) is 0.289. The van der Waals surface area contributed by atoms with Gasteiger partial charge in [0.05, 0.1) is 13.2 Å². The first-order chi connectivity index (χ1) is 16.2. The van der Waals surface area contributed by atoms with E-state index in [1.165, 1.54) is 0 Å². The molecule has 1 N–H and O–H groups in total. The average molecular weight is 479 g/mol. The van der Waals surface area contributed by atoms with Crippen LogP contribution in [0.15, 0.2) is 30.3 Å². The number of hydrogen-bond donors (Lipinski definition) is 1. The second kappa shape index (κ2) is 13.8. The number of likely N-dealkylation sites (tertiary alicyclic amines) is 1. The Morgan fingerprint density at radius 2 is 1.76 bits per heavy atom. The fourth-order valence-corrected chi connectivity index (χ4v) is 3.53. The zero-order valence-electron chi connectivity index (χ0n) is 20.7. The first kappa shape index (κ1) is 27.4. The lowest BCUT2D eigenvalue weighted by molar-refractivity contribution is -0.147. The van der Waals surface area contributed by atoms with Gasteiger partial charge >= 0.3 is 18.2 Å². The van der Waals surface area contributed by atoms with E-state index in [1.54, 1.807) is 32.6 Å². The zero-order valence-corrected chi connectivity index (χ0v) is 20.7. The number of carbonyl (C=O) groups is 3. The minimum atomic E-state index is -0.934. The van der Waals surface area contributed by atoms with E-state index in [-0.39, 0.29) is 25.9 Å². The first-order valence-corrected chi connectivity index (χ1v) is 11.9. The average Bonchev–Trinajstić information content (AvgIpc) is 2.79. The van der Waals surface area contributed by atoms with Crippen molar-refractivity contribution in [3.05, 3.63) is 35.9 Å². The maximum absolute atomic E-state index is 12.3. The third kappa shape index (κ3) is 10.4. The van der Waals surface area contributed by atoms with Gasteiger partial charge in [0.1, 0.15) is 12.2 Å². The molecule has 0 aromatic heterocycles. The largest absolute Gasteiger partial charge is 0.464 e. The molecule has 1 aliphatic rings. The monoisotopic (exact) mass is 478 g/mol. The van der Waals surface area contributed by atoms with Crippen LogP contribution in [0, 0.1) is 5.92 Å². The van der Waals surface area contributed by atoms with Crippen molar-refractivity contribution in [3.63, 3.8) is 0 Å². The van der Waals surface area contributed by atoms with Gasteiger partial charge in [-0.1, -0.05) is 30.3 Å². The number of nitrogens with zero attached hydrogens (tertiary/aromatic N) is 1. The normalized spacial score (nSPS) is 15.4. The number of nitrogens with one attached hydrogen (secondary N) is 1. The summed E-state index contributed by atoms with van der Waals surface area (Å²) in [6, 6.07) is 8.67. The van der Waals surface area contributed by atoms with Crippen LogP contribution in [0.5, 0.6) is 0 Å². The number of alkyl carbamates (subject to hydrolysis) is 1. The Kier molecular flexibility index (Phi) is 11.1. The van der Waals surface area contributed by atoms with Crippen molar-refractivity contribution in [3.8, 4) is 0 Å². The summed E-state index contributed by atoms with van der Waals surface area (Å²) in [5, 5.41) is 2.52. The van der Waals surface area contributed by atoms with Crippen molar-refractivity contribution in [1.29, 1.82) is 0 Å². The SMILES string of the molecule is CCOC(=O)[C@H](COCCC1CCN(C(=O)OCc2ccccc2)CC1)NC(=O)OC(C)(C)C. The fraction of sp³-hybridized carbons (Fsp3) is 0.640. The number of amides is 2. The van der Waals surface area contributed by atoms with Gasteiger partial charge < -0.3 is 29.2 Å². The van der Waals surface area contributed by atoms with Crippen LogP contribution in [0.2, 0.25) is 0 Å². The van der Waals surface area contributed by atoms with Crippen molar-refractivity contribution in [2.24, 2.45) is 5.92 Å². The summed E-state index contributed by atoms with van der Waals surface area (Å²) in [6.45, 7) is 9.15. The van der Waals surface area contributed by atoms with E-state index in [0.29, 0.717) is 25.6 Å². The molecule has 9 heteroatoms. The summed E-state index contributed by atoms with van der Waals surface area (Å²) in [6.07, 6.45) is 1.54.